The molecule has 1 heterocycles. The standard InChI is InChI=1S/C16H13N3O4/c20-14(11-5-6-12-13(7-11)19-16(23)18-12)17-8-9-1-3-10(4-2-9)15(21)22/h1-7H,8H2,(H,17,20)(H,21,22)(H2,18,19,23). The van der Waals surface area contributed by atoms with Crippen LogP contribution in [0.2, 0.25) is 0 Å². The Kier molecular flexibility index (Phi) is 3.68. The molecule has 2 aromatic carbocycles. The van der Waals surface area contributed by atoms with Crippen molar-refractivity contribution >= 4 is 22.9 Å². The number of aromatic carboxylic acids is 1. The highest BCUT2D eigenvalue weighted by atomic mass is 16.4. The van der Waals surface area contributed by atoms with E-state index in [0.717, 1.165) is 5.56 Å². The number of benzene rings is 2. The van der Waals surface area contributed by atoms with Crippen LogP contribution < -0.4 is 11.0 Å². The molecule has 1 aromatic heterocycles. The van der Waals surface area contributed by atoms with Crippen LogP contribution in [0.25, 0.3) is 11.0 Å². The Hall–Kier alpha value is -3.35. The predicted molar refractivity (Wildman–Crippen MR) is 83.5 cm³/mol. The molecule has 0 unspecified atom stereocenters. The second-order valence-electron chi connectivity index (χ2n) is 5.02. The van der Waals surface area contributed by atoms with Crippen LogP contribution in [0.4, 0.5) is 0 Å². The van der Waals surface area contributed by atoms with Gasteiger partial charge in [-0.25, -0.2) is 9.59 Å². The largest absolute Gasteiger partial charge is 0.478 e. The summed E-state index contributed by atoms with van der Waals surface area (Å²) in [4.78, 5) is 39.3. The van der Waals surface area contributed by atoms with E-state index in [9.17, 15) is 14.4 Å². The molecule has 0 bridgehead atoms. The van der Waals surface area contributed by atoms with E-state index < -0.39 is 5.97 Å². The highest BCUT2D eigenvalue weighted by Gasteiger charge is 2.08. The number of carbonyl (C=O) groups is 2. The Balaban J connectivity index is 1.70. The van der Waals surface area contributed by atoms with E-state index in [2.05, 4.69) is 15.3 Å². The Morgan fingerprint density at radius 1 is 0.957 bits per heavy atom. The first-order valence-corrected chi connectivity index (χ1v) is 6.85. The third kappa shape index (κ3) is 3.13. The Morgan fingerprint density at radius 3 is 2.30 bits per heavy atom. The van der Waals surface area contributed by atoms with E-state index in [-0.39, 0.29) is 23.7 Å². The summed E-state index contributed by atoms with van der Waals surface area (Å²) in [5.41, 5.74) is 2.29. The van der Waals surface area contributed by atoms with Crippen LogP contribution >= 0.6 is 0 Å². The molecule has 7 heteroatoms. The lowest BCUT2D eigenvalue weighted by Gasteiger charge is -2.06. The van der Waals surface area contributed by atoms with E-state index in [4.69, 9.17) is 5.11 Å². The fourth-order valence-electron chi connectivity index (χ4n) is 2.22. The average molecular weight is 311 g/mol. The van der Waals surface area contributed by atoms with Gasteiger partial charge in [0, 0.05) is 12.1 Å². The van der Waals surface area contributed by atoms with E-state index in [1.165, 1.54) is 12.1 Å². The van der Waals surface area contributed by atoms with Gasteiger partial charge in [-0.2, -0.15) is 0 Å². The van der Waals surface area contributed by atoms with Crippen LogP contribution in [-0.2, 0) is 6.54 Å². The van der Waals surface area contributed by atoms with Crippen LogP contribution in [0.1, 0.15) is 26.3 Å². The number of imidazole rings is 1. The monoisotopic (exact) mass is 311 g/mol. The lowest BCUT2D eigenvalue weighted by atomic mass is 10.1. The zero-order chi connectivity index (χ0) is 16.4. The van der Waals surface area contributed by atoms with Crippen molar-refractivity contribution in [2.45, 2.75) is 6.54 Å². The first-order valence-electron chi connectivity index (χ1n) is 6.85. The summed E-state index contributed by atoms with van der Waals surface area (Å²) in [6, 6.07) is 11.1. The first-order chi connectivity index (χ1) is 11.0. The van der Waals surface area contributed by atoms with Gasteiger partial charge in [-0.15, -0.1) is 0 Å². The number of amides is 1. The maximum atomic E-state index is 12.1. The smallest absolute Gasteiger partial charge is 0.335 e. The molecule has 7 nitrogen and oxygen atoms in total. The highest BCUT2D eigenvalue weighted by Crippen LogP contribution is 2.10. The van der Waals surface area contributed by atoms with E-state index in [0.29, 0.717) is 16.6 Å². The maximum Gasteiger partial charge on any atom is 0.335 e. The van der Waals surface area contributed by atoms with Gasteiger partial charge in [-0.1, -0.05) is 12.1 Å². The molecule has 1 amide bonds. The van der Waals surface area contributed by atoms with Crippen molar-refractivity contribution in [3.8, 4) is 0 Å². The van der Waals surface area contributed by atoms with Gasteiger partial charge < -0.3 is 20.4 Å². The second kappa shape index (κ2) is 5.80. The predicted octanol–water partition coefficient (Wildman–Crippen LogP) is 1.48. The summed E-state index contributed by atoms with van der Waals surface area (Å²) in [7, 11) is 0. The highest BCUT2D eigenvalue weighted by molar-refractivity contribution is 5.97. The molecule has 4 N–H and O–H groups in total. The zero-order valence-corrected chi connectivity index (χ0v) is 11.9. The van der Waals surface area contributed by atoms with E-state index in [1.54, 1.807) is 30.3 Å². The minimum absolute atomic E-state index is 0.196. The molecule has 0 aliphatic rings. The van der Waals surface area contributed by atoms with Crippen LogP contribution in [0.15, 0.2) is 47.3 Å². The fraction of sp³-hybridized carbons (Fsp3) is 0.0625. The van der Waals surface area contributed by atoms with Gasteiger partial charge in [0.15, 0.2) is 0 Å². The normalized spacial score (nSPS) is 10.6. The van der Waals surface area contributed by atoms with Gasteiger partial charge in [-0.3, -0.25) is 4.79 Å². The summed E-state index contributed by atoms with van der Waals surface area (Å²) in [6.45, 7) is 0.278. The summed E-state index contributed by atoms with van der Waals surface area (Å²) in [6.07, 6.45) is 0. The molecule has 0 saturated heterocycles. The SMILES string of the molecule is O=C(O)c1ccc(CNC(=O)c2ccc3[nH]c(=O)[nH]c3c2)cc1. The summed E-state index contributed by atoms with van der Waals surface area (Å²) >= 11 is 0. The summed E-state index contributed by atoms with van der Waals surface area (Å²) in [5, 5.41) is 11.6. The van der Waals surface area contributed by atoms with Crippen molar-refractivity contribution in [2.75, 3.05) is 0 Å². The minimum Gasteiger partial charge on any atom is -0.478 e. The number of hydrogen-bond acceptors (Lipinski definition) is 3. The molecule has 0 atom stereocenters. The van der Waals surface area contributed by atoms with Crippen LogP contribution in [0.5, 0.6) is 0 Å². The molecule has 0 fully saturated rings. The third-order valence-corrected chi connectivity index (χ3v) is 3.43. The molecule has 0 aliphatic carbocycles. The number of fused-ring (bicyclic) bond motifs is 1. The van der Waals surface area contributed by atoms with Crippen LogP contribution in [0, 0.1) is 0 Å². The van der Waals surface area contributed by atoms with Gasteiger partial charge in [-0.05, 0) is 35.9 Å². The number of rotatable bonds is 4. The number of carbonyl (C=O) groups excluding carboxylic acids is 1. The van der Waals surface area contributed by atoms with Crippen molar-refractivity contribution in [2.24, 2.45) is 0 Å². The van der Waals surface area contributed by atoms with Gasteiger partial charge in [0.1, 0.15) is 0 Å². The molecule has 23 heavy (non-hydrogen) atoms. The van der Waals surface area contributed by atoms with Gasteiger partial charge in [0.05, 0.1) is 16.6 Å². The van der Waals surface area contributed by atoms with Crippen molar-refractivity contribution in [1.29, 1.82) is 0 Å². The first kappa shape index (κ1) is 14.6. The van der Waals surface area contributed by atoms with Gasteiger partial charge in [0.25, 0.3) is 5.91 Å². The lowest BCUT2D eigenvalue weighted by Crippen LogP contribution is -2.22. The lowest BCUT2D eigenvalue weighted by molar-refractivity contribution is 0.0696. The van der Waals surface area contributed by atoms with Gasteiger partial charge in [0.2, 0.25) is 0 Å². The van der Waals surface area contributed by atoms with Gasteiger partial charge >= 0.3 is 11.7 Å². The van der Waals surface area contributed by atoms with Crippen molar-refractivity contribution < 1.29 is 14.7 Å². The Morgan fingerprint density at radius 2 is 1.61 bits per heavy atom. The summed E-state index contributed by atoms with van der Waals surface area (Å²) < 4.78 is 0. The fourth-order valence-corrected chi connectivity index (χ4v) is 2.22. The molecule has 0 saturated carbocycles. The maximum absolute atomic E-state index is 12.1. The molecule has 116 valence electrons. The quantitative estimate of drug-likeness (QED) is 0.584. The molecule has 0 spiro atoms. The van der Waals surface area contributed by atoms with Crippen molar-refractivity contribution in [1.82, 2.24) is 15.3 Å². The Labute approximate surface area is 130 Å². The average Bonchev–Trinajstić information content (AvgIpc) is 2.92. The van der Waals surface area contributed by atoms with Crippen molar-refractivity contribution in [3.63, 3.8) is 0 Å². The molecule has 0 aliphatic heterocycles. The van der Waals surface area contributed by atoms with Crippen molar-refractivity contribution in [3.05, 3.63) is 69.6 Å². The minimum atomic E-state index is -0.991. The molecule has 3 aromatic rings. The number of nitrogens with one attached hydrogen (secondary N) is 3. The third-order valence-electron chi connectivity index (χ3n) is 3.43. The molecular formula is C16H13N3O4. The zero-order valence-electron chi connectivity index (χ0n) is 11.9. The number of carboxylic acids is 1. The molecular weight excluding hydrogens is 298 g/mol. The van der Waals surface area contributed by atoms with E-state index >= 15 is 0 Å². The van der Waals surface area contributed by atoms with Crippen LogP contribution in [-0.4, -0.2) is 27.0 Å². The summed E-state index contributed by atoms with van der Waals surface area (Å²) in [5.74, 6) is -1.27. The van der Waals surface area contributed by atoms with E-state index in [1.807, 2.05) is 0 Å². The molecule has 3 rings (SSSR count). The number of carboxylic acid groups (broad SMARTS) is 1. The second-order valence-corrected chi connectivity index (χ2v) is 5.02. The number of hydrogen-bond donors (Lipinski definition) is 4. The number of aromatic nitrogens is 2. The number of H-pyrrole nitrogens is 2. The molecule has 0 radical (unpaired) electrons. The number of aromatic amines is 2. The Bertz CT molecular complexity index is 938. The topological polar surface area (TPSA) is 115 Å². The van der Waals surface area contributed by atoms with Crippen LogP contribution in [0.3, 0.4) is 0 Å².